The number of aliphatic hydroxyl groups is 1. The van der Waals surface area contributed by atoms with Gasteiger partial charge in [0.2, 0.25) is 11.8 Å². The summed E-state index contributed by atoms with van der Waals surface area (Å²) in [5.41, 5.74) is 0. The summed E-state index contributed by atoms with van der Waals surface area (Å²) >= 11 is 0. The van der Waals surface area contributed by atoms with E-state index in [-0.39, 0.29) is 6.10 Å². The van der Waals surface area contributed by atoms with Crippen LogP contribution >= 0.6 is 0 Å². The highest BCUT2D eigenvalue weighted by molar-refractivity contribution is 5.76. The van der Waals surface area contributed by atoms with Gasteiger partial charge in [0.15, 0.2) is 0 Å². The molecule has 0 bridgehead atoms. The van der Waals surface area contributed by atoms with Crippen LogP contribution in [0.4, 0.5) is 0 Å². The summed E-state index contributed by atoms with van der Waals surface area (Å²) in [6.45, 7) is 18.4. The average Bonchev–Trinajstić information content (AvgIpc) is 3.34. The van der Waals surface area contributed by atoms with E-state index >= 15 is 0 Å². The maximum Gasteiger partial charge on any atom is 0.222 e. The van der Waals surface area contributed by atoms with Gasteiger partial charge in [-0.2, -0.15) is 0 Å². The summed E-state index contributed by atoms with van der Waals surface area (Å²) in [4.78, 5) is 34.2. The third kappa shape index (κ3) is 40.0. The van der Waals surface area contributed by atoms with Gasteiger partial charge >= 0.3 is 0 Å². The lowest BCUT2D eigenvalue weighted by Gasteiger charge is -2.36. The highest BCUT2D eigenvalue weighted by Crippen LogP contribution is 2.25. The Balaban J connectivity index is 2.45. The molecule has 0 atom stereocenters. The zero-order valence-corrected chi connectivity index (χ0v) is 46.1. The lowest BCUT2D eigenvalue weighted by molar-refractivity contribution is -0.132. The van der Waals surface area contributed by atoms with E-state index in [4.69, 9.17) is 0 Å². The first kappa shape index (κ1) is 64.4. The molecule has 0 radical (unpaired) electrons. The number of allylic oxidation sites excluding steroid dienone is 2. The number of carbonyl (C=O) groups excluding carboxylic acids is 2. The Hall–Kier alpha value is -1.66. The van der Waals surface area contributed by atoms with Crippen LogP contribution < -0.4 is 0 Å². The molecule has 0 aliphatic heterocycles. The van der Waals surface area contributed by atoms with Gasteiger partial charge in [0.25, 0.3) is 0 Å². The lowest BCUT2D eigenvalue weighted by Crippen LogP contribution is -2.40. The Morgan fingerprint density at radius 1 is 0.382 bits per heavy atom. The van der Waals surface area contributed by atoms with Crippen LogP contribution in [0.2, 0.25) is 0 Å². The number of aliphatic hydroxyl groups excluding tert-OH is 1. The molecule has 1 aliphatic rings. The Morgan fingerprint density at radius 3 is 0.956 bits per heavy atom. The Labute approximate surface area is 425 Å². The van der Waals surface area contributed by atoms with Crippen LogP contribution in [0.25, 0.3) is 0 Å². The molecule has 68 heavy (non-hydrogen) atoms. The summed E-state index contributed by atoms with van der Waals surface area (Å²) in [5, 5.41) is 10.3. The molecule has 2 amide bonds. The molecule has 400 valence electrons. The van der Waals surface area contributed by atoms with Crippen LogP contribution in [0.3, 0.4) is 0 Å². The number of hydrogen-bond donors (Lipinski definition) is 1. The van der Waals surface area contributed by atoms with Gasteiger partial charge in [-0.3, -0.25) is 9.59 Å². The smallest absolute Gasteiger partial charge is 0.222 e. The van der Waals surface area contributed by atoms with E-state index < -0.39 is 0 Å². The van der Waals surface area contributed by atoms with E-state index in [9.17, 15) is 14.7 Å². The van der Waals surface area contributed by atoms with E-state index in [0.29, 0.717) is 17.9 Å². The molecule has 0 aromatic carbocycles. The summed E-state index contributed by atoms with van der Waals surface area (Å²) in [7, 11) is 0. The fourth-order valence-corrected chi connectivity index (χ4v) is 10.7. The van der Waals surface area contributed by atoms with Gasteiger partial charge in [-0.25, -0.2) is 0 Å². The van der Waals surface area contributed by atoms with Crippen LogP contribution in [0.5, 0.6) is 0 Å². The molecule has 1 saturated carbocycles. The van der Waals surface area contributed by atoms with Crippen LogP contribution in [0.15, 0.2) is 25.3 Å². The van der Waals surface area contributed by atoms with Crippen LogP contribution in [0, 0.1) is 0 Å². The maximum absolute atomic E-state index is 13.5. The highest BCUT2D eigenvalue weighted by Gasteiger charge is 2.24. The molecule has 0 unspecified atom stereocenters. The van der Waals surface area contributed by atoms with E-state index in [0.717, 1.165) is 129 Å². The molecule has 1 N–H and O–H groups in total. The van der Waals surface area contributed by atoms with Gasteiger partial charge in [-0.15, -0.1) is 13.2 Å². The SMILES string of the molecule is C=CCCCCCCCCN(CCCCCCCCCC)C(=O)CCCCCCCN(CCCCCCCC(=O)N(CCCCCCCCC=C)CCCCCCCCCC)C1CCC(O)CC1. The molecule has 6 nitrogen and oxygen atoms in total. The normalized spacial score (nSPS) is 15.0. The van der Waals surface area contributed by atoms with Gasteiger partial charge in [0.05, 0.1) is 6.10 Å². The Morgan fingerprint density at radius 2 is 0.647 bits per heavy atom. The van der Waals surface area contributed by atoms with E-state index in [1.165, 1.54) is 206 Å². The molecule has 0 heterocycles. The highest BCUT2D eigenvalue weighted by atomic mass is 16.3. The second kappa shape index (κ2) is 50.3. The van der Waals surface area contributed by atoms with Crippen LogP contribution in [0.1, 0.15) is 309 Å². The standard InChI is InChI=1S/C62H119N3O3/c1-5-9-13-17-21-25-33-43-55-64(56-44-34-26-22-18-14-10-6-2)61(67)47-39-31-29-37-41-53-63(59-49-51-60(66)52-50-59)54-42-38-30-32-40-48-62(68)65(57-45-35-27-23-19-15-11-7-3)58-46-36-28-24-20-16-12-8-4/h5,7,59-60,66H,1,3,6,8-58H2,2,4H3. The number of hydrogen-bond acceptors (Lipinski definition) is 4. The third-order valence-corrected chi connectivity index (χ3v) is 15.3. The minimum atomic E-state index is -0.110. The molecule has 0 aromatic rings. The second-order valence-corrected chi connectivity index (χ2v) is 21.6. The first-order valence-electron chi connectivity index (χ1n) is 30.7. The molecule has 0 saturated heterocycles. The number of nitrogens with zero attached hydrogens (tertiary/aromatic N) is 3. The monoisotopic (exact) mass is 954 g/mol. The summed E-state index contributed by atoms with van der Waals surface area (Å²) in [6.07, 6.45) is 59.7. The third-order valence-electron chi connectivity index (χ3n) is 15.3. The second-order valence-electron chi connectivity index (χ2n) is 21.6. The van der Waals surface area contributed by atoms with Gasteiger partial charge in [0, 0.05) is 45.1 Å². The molecule has 6 heteroatoms. The topological polar surface area (TPSA) is 64.1 Å². The van der Waals surface area contributed by atoms with Gasteiger partial charge in [-0.1, -0.05) is 206 Å². The molecule has 1 aliphatic carbocycles. The van der Waals surface area contributed by atoms with Gasteiger partial charge < -0.3 is 19.8 Å². The first-order chi connectivity index (χ1) is 33.5. The summed E-state index contributed by atoms with van der Waals surface area (Å²) in [5.74, 6) is 0.804. The van der Waals surface area contributed by atoms with Crippen molar-refractivity contribution in [3.8, 4) is 0 Å². The van der Waals surface area contributed by atoms with E-state index in [2.05, 4.69) is 41.7 Å². The Kier molecular flexibility index (Phi) is 47.6. The largest absolute Gasteiger partial charge is 0.393 e. The molecule has 0 spiro atoms. The average molecular weight is 955 g/mol. The molecular formula is C62H119N3O3. The van der Waals surface area contributed by atoms with Crippen molar-refractivity contribution in [3.05, 3.63) is 25.3 Å². The predicted molar refractivity (Wildman–Crippen MR) is 299 cm³/mol. The van der Waals surface area contributed by atoms with Crippen molar-refractivity contribution in [1.29, 1.82) is 0 Å². The number of amides is 2. The van der Waals surface area contributed by atoms with Crippen molar-refractivity contribution < 1.29 is 14.7 Å². The van der Waals surface area contributed by atoms with E-state index in [1.807, 2.05) is 12.2 Å². The number of rotatable bonds is 53. The zero-order chi connectivity index (χ0) is 49.2. The van der Waals surface area contributed by atoms with Crippen molar-refractivity contribution in [3.63, 3.8) is 0 Å². The lowest BCUT2D eigenvalue weighted by atomic mass is 9.91. The predicted octanol–water partition coefficient (Wildman–Crippen LogP) is 18.0. The van der Waals surface area contributed by atoms with Gasteiger partial charge in [0.1, 0.15) is 0 Å². The fraction of sp³-hybridized carbons (Fsp3) is 0.903. The first-order valence-corrected chi connectivity index (χ1v) is 30.7. The molecule has 1 fully saturated rings. The van der Waals surface area contributed by atoms with Crippen molar-refractivity contribution >= 4 is 11.8 Å². The van der Waals surface area contributed by atoms with Crippen LogP contribution in [-0.4, -0.2) is 83.0 Å². The van der Waals surface area contributed by atoms with E-state index in [1.54, 1.807) is 0 Å². The van der Waals surface area contributed by atoms with Crippen molar-refractivity contribution in [1.82, 2.24) is 14.7 Å². The van der Waals surface area contributed by atoms with Crippen molar-refractivity contribution in [2.45, 2.75) is 321 Å². The van der Waals surface area contributed by atoms with Crippen molar-refractivity contribution in [2.24, 2.45) is 0 Å². The minimum absolute atomic E-state index is 0.110. The quantitative estimate of drug-likeness (QED) is 0.0487. The Bertz CT molecular complexity index is 1030. The van der Waals surface area contributed by atoms with Gasteiger partial charge in [-0.05, 0) is 116 Å². The molecule has 1 rings (SSSR count). The minimum Gasteiger partial charge on any atom is -0.393 e. The zero-order valence-electron chi connectivity index (χ0n) is 46.1. The summed E-state index contributed by atoms with van der Waals surface area (Å²) in [6, 6.07) is 0.613. The van der Waals surface area contributed by atoms with Crippen LogP contribution in [-0.2, 0) is 9.59 Å². The fourth-order valence-electron chi connectivity index (χ4n) is 10.7. The molecular weight excluding hydrogens is 835 g/mol. The summed E-state index contributed by atoms with van der Waals surface area (Å²) < 4.78 is 0. The van der Waals surface area contributed by atoms with Crippen molar-refractivity contribution in [2.75, 3.05) is 39.3 Å². The number of carbonyl (C=O) groups is 2. The number of unbranched alkanes of at least 4 members (excludes halogenated alkanes) is 34. The molecule has 0 aromatic heterocycles. The maximum atomic E-state index is 13.5.